The number of nitrogens with one attached hydrogen (secondary N) is 1. The van der Waals surface area contributed by atoms with Crippen LogP contribution in [-0.2, 0) is 36.0 Å². The second-order valence-electron chi connectivity index (χ2n) is 9.94. The lowest BCUT2D eigenvalue weighted by Crippen LogP contribution is -2.39. The Morgan fingerprint density at radius 3 is 1.83 bits per heavy atom. The second kappa shape index (κ2) is 13.7. The lowest BCUT2D eigenvalue weighted by Gasteiger charge is -2.17. The minimum Gasteiger partial charge on any atom is -0.434 e. The number of unbranched alkanes of at least 4 members (excludes halogenated alkanes) is 1. The van der Waals surface area contributed by atoms with Crippen molar-refractivity contribution in [3.63, 3.8) is 0 Å². The van der Waals surface area contributed by atoms with Crippen LogP contribution in [0.1, 0.15) is 41.1 Å². The van der Waals surface area contributed by atoms with Gasteiger partial charge >= 0.3 is 0 Å². The number of hydrogen-bond donors (Lipinski definition) is 1. The number of benzene rings is 3. The van der Waals surface area contributed by atoms with Gasteiger partial charge in [0.15, 0.2) is 25.3 Å². The molecule has 0 aliphatic carbocycles. The number of aromatic nitrogens is 1. The summed E-state index contributed by atoms with van der Waals surface area (Å²) < 4.78 is 57.4. The Labute approximate surface area is 239 Å². The molecule has 4 aromatic rings. The van der Waals surface area contributed by atoms with Crippen molar-refractivity contribution in [3.8, 4) is 0 Å². The first-order valence-corrected chi connectivity index (χ1v) is 16.9. The number of oxazole rings is 1. The van der Waals surface area contributed by atoms with Crippen LogP contribution < -0.4 is 5.32 Å². The highest BCUT2D eigenvalue weighted by molar-refractivity contribution is 7.91. The third kappa shape index (κ3) is 9.36. The van der Waals surface area contributed by atoms with Crippen molar-refractivity contribution < 1.29 is 30.8 Å². The Morgan fingerprint density at radius 2 is 1.27 bits per heavy atom. The molecule has 11 heteroatoms. The standard InChI is InChI=1S/C30H32N2O7S2/c33-27(30-32-26-15-7-8-17-28(26)39-30)16-9-10-18-31-29(34)25(21-40(35,36)19-23-11-3-1-4-12-23)22-41(37,38)20-24-13-5-2-6-14-24/h1-8,11-15,17,25H,9-10,16,18-22H2,(H,31,34). The van der Waals surface area contributed by atoms with E-state index in [-0.39, 0.29) is 36.1 Å². The summed E-state index contributed by atoms with van der Waals surface area (Å²) in [5.74, 6) is -3.95. The summed E-state index contributed by atoms with van der Waals surface area (Å²) in [6, 6.07) is 24.1. The third-order valence-electron chi connectivity index (χ3n) is 6.40. The molecule has 0 saturated carbocycles. The molecule has 0 fully saturated rings. The van der Waals surface area contributed by atoms with Crippen LogP contribution in [-0.4, -0.2) is 51.6 Å². The molecule has 0 unspecified atom stereocenters. The molecule has 1 heterocycles. The number of hydrogen-bond acceptors (Lipinski definition) is 8. The number of rotatable bonds is 15. The van der Waals surface area contributed by atoms with E-state index < -0.39 is 43.0 Å². The fourth-order valence-corrected chi connectivity index (χ4v) is 8.00. The van der Waals surface area contributed by atoms with Crippen molar-refractivity contribution in [1.29, 1.82) is 0 Å². The van der Waals surface area contributed by atoms with Crippen LogP contribution in [0.15, 0.2) is 89.3 Å². The fourth-order valence-electron chi connectivity index (χ4n) is 4.45. The maximum absolute atomic E-state index is 13.1. The highest BCUT2D eigenvalue weighted by Gasteiger charge is 2.30. The van der Waals surface area contributed by atoms with Crippen molar-refractivity contribution in [2.75, 3.05) is 18.1 Å². The zero-order chi connectivity index (χ0) is 29.3. The Bertz CT molecular complexity index is 1580. The first-order valence-electron chi connectivity index (χ1n) is 13.3. The highest BCUT2D eigenvalue weighted by Crippen LogP contribution is 2.18. The third-order valence-corrected chi connectivity index (χ3v) is 9.77. The molecule has 4 rings (SSSR count). The number of carbonyl (C=O) groups is 2. The summed E-state index contributed by atoms with van der Waals surface area (Å²) >= 11 is 0. The molecule has 1 amide bonds. The van der Waals surface area contributed by atoms with Crippen LogP contribution >= 0.6 is 0 Å². The van der Waals surface area contributed by atoms with E-state index in [4.69, 9.17) is 4.42 Å². The molecular formula is C30H32N2O7S2. The van der Waals surface area contributed by atoms with Gasteiger partial charge in [-0.25, -0.2) is 21.8 Å². The SMILES string of the molecule is O=C(CCCCNC(=O)C(CS(=O)(=O)Cc1ccccc1)CS(=O)(=O)Cc1ccccc1)c1nc2ccccc2o1. The van der Waals surface area contributed by atoms with E-state index in [1.165, 1.54) is 0 Å². The van der Waals surface area contributed by atoms with Gasteiger partial charge in [-0.1, -0.05) is 72.8 Å². The molecule has 41 heavy (non-hydrogen) atoms. The van der Waals surface area contributed by atoms with Gasteiger partial charge in [-0.05, 0) is 36.1 Å². The molecule has 216 valence electrons. The number of fused-ring (bicyclic) bond motifs is 1. The first kappa shape index (κ1) is 30.1. The Hall–Kier alpha value is -3.83. The van der Waals surface area contributed by atoms with Gasteiger partial charge in [0.2, 0.25) is 11.7 Å². The van der Waals surface area contributed by atoms with Gasteiger partial charge in [-0.2, -0.15) is 0 Å². The average molecular weight is 597 g/mol. The van der Waals surface area contributed by atoms with Crippen molar-refractivity contribution in [2.24, 2.45) is 5.92 Å². The molecule has 0 radical (unpaired) electrons. The molecule has 1 N–H and O–H groups in total. The lowest BCUT2D eigenvalue weighted by molar-refractivity contribution is -0.123. The molecule has 3 aromatic carbocycles. The highest BCUT2D eigenvalue weighted by atomic mass is 32.2. The van der Waals surface area contributed by atoms with Crippen LogP contribution in [0, 0.1) is 5.92 Å². The molecule has 0 saturated heterocycles. The number of carbonyl (C=O) groups excluding carboxylic acids is 2. The number of amides is 1. The minimum absolute atomic E-state index is 0.0301. The van der Waals surface area contributed by atoms with Crippen LogP contribution in [0.2, 0.25) is 0 Å². The number of sulfone groups is 2. The first-order chi connectivity index (χ1) is 19.6. The van der Waals surface area contributed by atoms with Crippen molar-refractivity contribution in [2.45, 2.75) is 30.8 Å². The average Bonchev–Trinajstić information content (AvgIpc) is 3.37. The fraction of sp³-hybridized carbons (Fsp3) is 0.300. The molecule has 1 aromatic heterocycles. The number of nitrogens with zero attached hydrogens (tertiary/aromatic N) is 1. The summed E-state index contributed by atoms with van der Waals surface area (Å²) in [7, 11) is -7.60. The van der Waals surface area contributed by atoms with Crippen LogP contribution in [0.4, 0.5) is 0 Å². The van der Waals surface area contributed by atoms with Gasteiger partial charge in [-0.3, -0.25) is 9.59 Å². The summed E-state index contributed by atoms with van der Waals surface area (Å²) in [4.78, 5) is 29.7. The number of ketones is 1. The summed E-state index contributed by atoms with van der Waals surface area (Å²) in [5, 5.41) is 2.67. The van der Waals surface area contributed by atoms with Gasteiger partial charge in [-0.15, -0.1) is 0 Å². The zero-order valence-electron chi connectivity index (χ0n) is 22.4. The molecule has 0 atom stereocenters. The topological polar surface area (TPSA) is 140 Å². The molecule has 0 bridgehead atoms. The maximum Gasteiger partial charge on any atom is 0.264 e. The predicted molar refractivity (Wildman–Crippen MR) is 157 cm³/mol. The van der Waals surface area contributed by atoms with Gasteiger partial charge in [0.1, 0.15) is 5.52 Å². The smallest absolute Gasteiger partial charge is 0.264 e. The van der Waals surface area contributed by atoms with Gasteiger partial charge in [0.25, 0.3) is 5.89 Å². The normalized spacial score (nSPS) is 12.0. The zero-order valence-corrected chi connectivity index (χ0v) is 24.1. The molecular weight excluding hydrogens is 564 g/mol. The van der Waals surface area contributed by atoms with E-state index in [0.29, 0.717) is 35.1 Å². The minimum atomic E-state index is -3.80. The Balaban J connectivity index is 1.35. The van der Waals surface area contributed by atoms with E-state index in [0.717, 1.165) is 0 Å². The Kier molecular flexibility index (Phi) is 10.1. The van der Waals surface area contributed by atoms with Crippen molar-refractivity contribution in [1.82, 2.24) is 10.3 Å². The Morgan fingerprint density at radius 1 is 0.732 bits per heavy atom. The summed E-state index contributed by atoms with van der Waals surface area (Å²) in [6.45, 7) is 0.160. The molecule has 0 spiro atoms. The lowest BCUT2D eigenvalue weighted by atomic mass is 10.1. The van der Waals surface area contributed by atoms with E-state index in [9.17, 15) is 26.4 Å². The second-order valence-corrected chi connectivity index (χ2v) is 14.2. The largest absolute Gasteiger partial charge is 0.434 e. The molecule has 0 aliphatic heterocycles. The van der Waals surface area contributed by atoms with E-state index in [1.807, 2.05) is 0 Å². The van der Waals surface area contributed by atoms with Gasteiger partial charge in [0, 0.05) is 13.0 Å². The van der Waals surface area contributed by atoms with Gasteiger partial charge in [0.05, 0.1) is 28.9 Å². The van der Waals surface area contributed by atoms with E-state index in [2.05, 4.69) is 10.3 Å². The van der Waals surface area contributed by atoms with Crippen molar-refractivity contribution >= 4 is 42.5 Å². The van der Waals surface area contributed by atoms with Crippen molar-refractivity contribution in [3.05, 3.63) is 102 Å². The van der Waals surface area contributed by atoms with Gasteiger partial charge < -0.3 is 9.73 Å². The van der Waals surface area contributed by atoms with Crippen LogP contribution in [0.5, 0.6) is 0 Å². The number of Topliss-reactive ketones (excluding diaryl/α,β-unsaturated/α-hetero) is 1. The molecule has 9 nitrogen and oxygen atoms in total. The summed E-state index contributed by atoms with van der Waals surface area (Å²) in [6.07, 6.45) is 1.02. The van der Waals surface area contributed by atoms with Crippen LogP contribution in [0.3, 0.4) is 0 Å². The number of para-hydroxylation sites is 2. The predicted octanol–water partition coefficient (Wildman–Crippen LogP) is 4.14. The maximum atomic E-state index is 13.1. The van der Waals surface area contributed by atoms with E-state index in [1.54, 1.807) is 84.9 Å². The van der Waals surface area contributed by atoms with Crippen LogP contribution in [0.25, 0.3) is 11.1 Å². The van der Waals surface area contributed by atoms with E-state index >= 15 is 0 Å². The summed E-state index contributed by atoms with van der Waals surface area (Å²) in [5.41, 5.74) is 2.24. The molecule has 0 aliphatic rings. The quantitative estimate of drug-likeness (QED) is 0.159. The monoisotopic (exact) mass is 596 g/mol.